The monoisotopic (exact) mass is 579 g/mol. The molecule has 0 aromatic heterocycles. The molecule has 6 nitrogen and oxygen atoms in total. The smallest absolute Gasteiger partial charge is 0.342 e. The Morgan fingerprint density at radius 3 is 2.61 bits per heavy atom. The minimum atomic E-state index is -4.62. The first-order valence-corrected chi connectivity index (χ1v) is 13.7. The molecule has 5 rings (SSSR count). The molecule has 2 aliphatic rings. The highest BCUT2D eigenvalue weighted by Gasteiger charge is 2.36. The number of rotatable bonds is 5. The number of hydrogen-bond donors (Lipinski definition) is 1. The van der Waals surface area contributed by atoms with Crippen LogP contribution in [0.15, 0.2) is 53.5 Å². The second-order valence-corrected chi connectivity index (χ2v) is 11.1. The number of nitrogens with zero attached hydrogens (tertiary/aromatic N) is 4. The van der Waals surface area contributed by atoms with E-state index in [1.165, 1.54) is 6.07 Å². The Morgan fingerprint density at radius 1 is 1.17 bits per heavy atom. The van der Waals surface area contributed by atoms with Gasteiger partial charge in [0.2, 0.25) is 5.91 Å². The number of nitriles is 1. The molecule has 1 unspecified atom stereocenters. The van der Waals surface area contributed by atoms with Crippen molar-refractivity contribution in [3.05, 3.63) is 81.4 Å². The molecule has 2 heterocycles. The number of hydrogen-bond acceptors (Lipinski definition) is 5. The topological polar surface area (TPSA) is 71.7 Å². The average Bonchev–Trinajstić information content (AvgIpc) is 3.43. The van der Waals surface area contributed by atoms with Gasteiger partial charge in [0.25, 0.3) is 0 Å². The summed E-state index contributed by atoms with van der Waals surface area (Å²) in [5.41, 5.74) is 3.08. The first kappa shape index (κ1) is 28.7. The van der Waals surface area contributed by atoms with E-state index in [9.17, 15) is 23.2 Å². The molecule has 3 aromatic rings. The Kier molecular flexibility index (Phi) is 7.82. The molecule has 41 heavy (non-hydrogen) atoms. The van der Waals surface area contributed by atoms with E-state index in [1.54, 1.807) is 48.3 Å². The standard InChI is InChI=1S/C31H29ClF3N5O/c1-18-7-23(32)13-25(8-18)40-17-38-28-9-19(2)26(21-10-20(15-36)11-22(12-21)31(33,34)35)14-27(28)29(40)30(41)39(3)16-24-5-4-6-37-24/h7-14,17,24,29,37H,4-6,16H2,1-3H3/t24-,29?/m0/s1. The van der Waals surface area contributed by atoms with Crippen LogP contribution < -0.4 is 10.2 Å². The number of anilines is 1. The quantitative estimate of drug-likeness (QED) is 0.355. The van der Waals surface area contributed by atoms with Crippen LogP contribution in [0.25, 0.3) is 11.1 Å². The number of nitrogens with one attached hydrogen (secondary N) is 1. The van der Waals surface area contributed by atoms with E-state index < -0.39 is 17.8 Å². The molecule has 1 fully saturated rings. The van der Waals surface area contributed by atoms with Gasteiger partial charge in [-0.1, -0.05) is 11.6 Å². The van der Waals surface area contributed by atoms with Crippen LogP contribution in [-0.2, 0) is 11.0 Å². The lowest BCUT2D eigenvalue weighted by Crippen LogP contribution is -2.46. The zero-order valence-electron chi connectivity index (χ0n) is 22.9. The molecule has 0 saturated carbocycles. The maximum Gasteiger partial charge on any atom is 0.416 e. The van der Waals surface area contributed by atoms with Crippen molar-refractivity contribution in [1.29, 1.82) is 5.26 Å². The van der Waals surface area contributed by atoms with E-state index in [2.05, 4.69) is 10.3 Å². The number of benzene rings is 3. The number of aryl methyl sites for hydroxylation is 2. The third-order valence-corrected chi connectivity index (χ3v) is 7.78. The molecule has 212 valence electrons. The van der Waals surface area contributed by atoms with Gasteiger partial charge in [-0.15, -0.1) is 0 Å². The van der Waals surface area contributed by atoms with Crippen LogP contribution >= 0.6 is 11.6 Å². The van der Waals surface area contributed by atoms with Gasteiger partial charge >= 0.3 is 6.18 Å². The average molecular weight is 580 g/mol. The SMILES string of the molecule is Cc1cc(Cl)cc(N2C=Nc3cc(C)c(-c4cc(C#N)cc(C(F)(F)F)c4)cc3C2C(=O)N(C)C[C@@H]2CCCN2)c1. The van der Waals surface area contributed by atoms with Gasteiger partial charge in [-0.2, -0.15) is 18.4 Å². The Balaban J connectivity index is 1.65. The zero-order valence-corrected chi connectivity index (χ0v) is 23.6. The van der Waals surface area contributed by atoms with Gasteiger partial charge in [0, 0.05) is 35.9 Å². The lowest BCUT2D eigenvalue weighted by atomic mass is 9.90. The summed E-state index contributed by atoms with van der Waals surface area (Å²) in [4.78, 5) is 22.3. The van der Waals surface area contributed by atoms with Crippen LogP contribution in [-0.4, -0.2) is 43.3 Å². The number of fused-ring (bicyclic) bond motifs is 1. The molecule has 10 heteroatoms. The van der Waals surface area contributed by atoms with Gasteiger partial charge in [-0.25, -0.2) is 4.99 Å². The van der Waals surface area contributed by atoms with Crippen LogP contribution in [0, 0.1) is 25.2 Å². The fourth-order valence-corrected chi connectivity index (χ4v) is 5.86. The summed E-state index contributed by atoms with van der Waals surface area (Å²) in [5, 5.41) is 13.4. The summed E-state index contributed by atoms with van der Waals surface area (Å²) in [7, 11) is 1.76. The van der Waals surface area contributed by atoms with Crippen LogP contribution in [0.1, 0.15) is 46.7 Å². The largest absolute Gasteiger partial charge is 0.416 e. The minimum Gasteiger partial charge on any atom is -0.342 e. The molecule has 2 atom stereocenters. The molecule has 3 aromatic carbocycles. The van der Waals surface area contributed by atoms with E-state index in [0.717, 1.165) is 37.1 Å². The molecular formula is C31H29ClF3N5O. The normalized spacial score (nSPS) is 18.2. The lowest BCUT2D eigenvalue weighted by molar-refractivity contribution is -0.137. The molecule has 1 amide bonds. The first-order valence-electron chi connectivity index (χ1n) is 13.3. The number of likely N-dealkylation sites (N-methyl/N-ethyl adjacent to an activating group) is 1. The zero-order chi connectivity index (χ0) is 29.5. The molecule has 0 spiro atoms. The molecular weight excluding hydrogens is 551 g/mol. The number of amides is 1. The second kappa shape index (κ2) is 11.2. The summed E-state index contributed by atoms with van der Waals surface area (Å²) >= 11 is 6.39. The van der Waals surface area contributed by atoms with Crippen LogP contribution in [0.2, 0.25) is 5.02 Å². The van der Waals surface area contributed by atoms with Crippen LogP contribution in [0.5, 0.6) is 0 Å². The minimum absolute atomic E-state index is 0.0996. The molecule has 1 N–H and O–H groups in total. The molecule has 0 bridgehead atoms. The Bertz CT molecular complexity index is 1550. The molecule has 0 aliphatic carbocycles. The first-order chi connectivity index (χ1) is 19.4. The van der Waals surface area contributed by atoms with E-state index >= 15 is 0 Å². The predicted molar refractivity (Wildman–Crippen MR) is 155 cm³/mol. The summed E-state index contributed by atoms with van der Waals surface area (Å²) in [6.07, 6.45) is -0.999. The Hall–Kier alpha value is -3.87. The number of carbonyl (C=O) groups is 1. The lowest BCUT2D eigenvalue weighted by Gasteiger charge is -2.36. The van der Waals surface area contributed by atoms with Crippen molar-refractivity contribution in [1.82, 2.24) is 10.2 Å². The highest BCUT2D eigenvalue weighted by molar-refractivity contribution is 6.31. The third kappa shape index (κ3) is 5.95. The third-order valence-electron chi connectivity index (χ3n) is 7.56. The van der Waals surface area contributed by atoms with E-state index in [0.29, 0.717) is 39.6 Å². The highest BCUT2D eigenvalue weighted by atomic mass is 35.5. The number of halogens is 4. The van der Waals surface area contributed by atoms with E-state index in [4.69, 9.17) is 11.6 Å². The molecule has 0 radical (unpaired) electrons. The van der Waals surface area contributed by atoms with Gasteiger partial charge in [0.15, 0.2) is 0 Å². The van der Waals surface area contributed by atoms with E-state index in [-0.39, 0.29) is 23.1 Å². The van der Waals surface area contributed by atoms with Gasteiger partial charge < -0.3 is 15.1 Å². The summed E-state index contributed by atoms with van der Waals surface area (Å²) < 4.78 is 41.1. The van der Waals surface area contributed by atoms with E-state index in [1.807, 2.05) is 25.1 Å². The second-order valence-electron chi connectivity index (χ2n) is 10.7. The van der Waals surface area contributed by atoms with Gasteiger partial charge in [-0.3, -0.25) is 4.79 Å². The van der Waals surface area contributed by atoms with Gasteiger partial charge in [0.05, 0.1) is 29.2 Å². The Morgan fingerprint density at radius 2 is 1.95 bits per heavy atom. The number of aliphatic imine (C=N–C) groups is 1. The van der Waals surface area contributed by atoms with Crippen molar-refractivity contribution >= 4 is 35.2 Å². The van der Waals surface area contributed by atoms with Gasteiger partial charge in [-0.05, 0) is 104 Å². The summed E-state index contributed by atoms with van der Waals surface area (Å²) in [5.74, 6) is -0.180. The van der Waals surface area contributed by atoms with Crippen molar-refractivity contribution < 1.29 is 18.0 Å². The van der Waals surface area contributed by atoms with Crippen molar-refractivity contribution in [2.24, 2.45) is 4.99 Å². The molecule has 1 saturated heterocycles. The van der Waals surface area contributed by atoms with Gasteiger partial charge in [0.1, 0.15) is 6.04 Å². The fourth-order valence-electron chi connectivity index (χ4n) is 5.58. The van der Waals surface area contributed by atoms with Crippen molar-refractivity contribution in [2.75, 3.05) is 25.0 Å². The number of carbonyl (C=O) groups excluding carboxylic acids is 1. The maximum absolute atomic E-state index is 14.2. The van der Waals surface area contributed by atoms with Crippen LogP contribution in [0.3, 0.4) is 0 Å². The van der Waals surface area contributed by atoms with Crippen molar-refractivity contribution in [2.45, 2.75) is 44.9 Å². The number of alkyl halides is 3. The highest BCUT2D eigenvalue weighted by Crippen LogP contribution is 2.42. The predicted octanol–water partition coefficient (Wildman–Crippen LogP) is 6.95. The Labute approximate surface area is 242 Å². The summed E-state index contributed by atoms with van der Waals surface area (Å²) in [6.45, 7) is 5.10. The van der Waals surface area contributed by atoms with Crippen molar-refractivity contribution in [3.8, 4) is 17.2 Å². The van der Waals surface area contributed by atoms with Crippen LogP contribution in [0.4, 0.5) is 24.5 Å². The molecule has 2 aliphatic heterocycles. The fraction of sp³-hybridized carbons (Fsp3) is 0.323. The van der Waals surface area contributed by atoms with Crippen molar-refractivity contribution in [3.63, 3.8) is 0 Å². The summed E-state index contributed by atoms with van der Waals surface area (Å²) in [6, 6.07) is 13.5. The maximum atomic E-state index is 14.2.